The molecule has 0 aliphatic rings. The summed E-state index contributed by atoms with van der Waals surface area (Å²) in [5, 5.41) is 0. The molecule has 0 atom stereocenters. The van der Waals surface area contributed by atoms with Gasteiger partial charge in [0.25, 0.3) is 0 Å². The van der Waals surface area contributed by atoms with Crippen LogP contribution in [0.25, 0.3) is 0 Å². The number of nitrogens with two attached hydrogens (primary N) is 1. The summed E-state index contributed by atoms with van der Waals surface area (Å²) in [5.74, 6) is 0.780. The molecule has 2 aromatic rings. The molecule has 19 heavy (non-hydrogen) atoms. The van der Waals surface area contributed by atoms with Crippen molar-refractivity contribution in [1.29, 1.82) is 0 Å². The number of anilines is 3. The highest BCUT2D eigenvalue weighted by Crippen LogP contribution is 2.34. The smallest absolute Gasteiger partial charge is 0.121 e. The van der Waals surface area contributed by atoms with E-state index in [1.54, 1.807) is 7.11 Å². The van der Waals surface area contributed by atoms with Crippen molar-refractivity contribution in [1.82, 2.24) is 0 Å². The first kappa shape index (κ1) is 13.3. The largest absolute Gasteiger partial charge is 0.497 e. The molecule has 100 valence electrons. The van der Waals surface area contributed by atoms with Gasteiger partial charge in [-0.2, -0.15) is 0 Å². The Bertz CT molecular complexity index is 566. The van der Waals surface area contributed by atoms with E-state index in [1.165, 1.54) is 11.3 Å². The first-order chi connectivity index (χ1) is 9.17. The number of rotatable bonds is 4. The van der Waals surface area contributed by atoms with Gasteiger partial charge in [-0.1, -0.05) is 18.2 Å². The zero-order chi connectivity index (χ0) is 13.8. The molecule has 0 saturated heterocycles. The number of hydrogen-bond acceptors (Lipinski definition) is 3. The Hall–Kier alpha value is -2.16. The number of para-hydroxylation sites is 1. The fourth-order valence-electron chi connectivity index (χ4n) is 2.24. The van der Waals surface area contributed by atoms with Crippen LogP contribution >= 0.6 is 0 Å². The van der Waals surface area contributed by atoms with E-state index in [4.69, 9.17) is 10.5 Å². The van der Waals surface area contributed by atoms with Crippen LogP contribution in [0.15, 0.2) is 42.5 Å². The molecule has 0 amide bonds. The van der Waals surface area contributed by atoms with Crippen LogP contribution in [0.1, 0.15) is 12.5 Å². The lowest BCUT2D eigenvalue weighted by molar-refractivity contribution is 0.415. The van der Waals surface area contributed by atoms with E-state index in [0.29, 0.717) is 0 Å². The van der Waals surface area contributed by atoms with Gasteiger partial charge in [0.1, 0.15) is 5.75 Å². The normalized spacial score (nSPS) is 10.3. The van der Waals surface area contributed by atoms with Crippen LogP contribution in [0.2, 0.25) is 0 Å². The van der Waals surface area contributed by atoms with Gasteiger partial charge in [-0.15, -0.1) is 0 Å². The third-order valence-electron chi connectivity index (χ3n) is 3.25. The molecule has 0 fully saturated rings. The van der Waals surface area contributed by atoms with Crippen LogP contribution in [-0.4, -0.2) is 13.7 Å². The molecule has 0 spiro atoms. The van der Waals surface area contributed by atoms with E-state index in [1.807, 2.05) is 30.3 Å². The van der Waals surface area contributed by atoms with E-state index >= 15 is 0 Å². The van der Waals surface area contributed by atoms with Gasteiger partial charge >= 0.3 is 0 Å². The van der Waals surface area contributed by atoms with Gasteiger partial charge in [-0.3, -0.25) is 0 Å². The zero-order valence-electron chi connectivity index (χ0n) is 11.7. The Morgan fingerprint density at radius 2 is 1.84 bits per heavy atom. The van der Waals surface area contributed by atoms with E-state index in [0.717, 1.165) is 23.7 Å². The maximum Gasteiger partial charge on any atom is 0.121 e. The van der Waals surface area contributed by atoms with Crippen LogP contribution in [-0.2, 0) is 0 Å². The molecule has 0 aliphatic carbocycles. The molecule has 2 aromatic carbocycles. The third-order valence-corrected chi connectivity index (χ3v) is 3.25. The summed E-state index contributed by atoms with van der Waals surface area (Å²) in [7, 11) is 1.65. The number of ether oxygens (including phenoxy) is 1. The molecule has 0 radical (unpaired) electrons. The van der Waals surface area contributed by atoms with Gasteiger partial charge in [0, 0.05) is 18.3 Å². The lowest BCUT2D eigenvalue weighted by Crippen LogP contribution is -2.18. The minimum Gasteiger partial charge on any atom is -0.497 e. The van der Waals surface area contributed by atoms with E-state index in [2.05, 4.69) is 30.9 Å². The molecule has 3 heteroatoms. The fourth-order valence-corrected chi connectivity index (χ4v) is 2.24. The number of nitrogen functional groups attached to an aromatic ring is 1. The molecule has 0 aliphatic heterocycles. The lowest BCUT2D eigenvalue weighted by atomic mass is 10.1. The van der Waals surface area contributed by atoms with Crippen molar-refractivity contribution < 1.29 is 4.74 Å². The zero-order valence-corrected chi connectivity index (χ0v) is 11.7. The molecule has 0 heterocycles. The fraction of sp³-hybridized carbons (Fsp3) is 0.250. The van der Waals surface area contributed by atoms with E-state index < -0.39 is 0 Å². The molecular formula is C16H20N2O. The molecular weight excluding hydrogens is 236 g/mol. The molecule has 2 rings (SSSR count). The Morgan fingerprint density at radius 3 is 2.42 bits per heavy atom. The minimum atomic E-state index is 0.726. The van der Waals surface area contributed by atoms with Crippen LogP contribution < -0.4 is 15.4 Å². The van der Waals surface area contributed by atoms with Crippen molar-refractivity contribution in [2.45, 2.75) is 13.8 Å². The van der Waals surface area contributed by atoms with Crippen molar-refractivity contribution in [2.75, 3.05) is 24.3 Å². The molecule has 3 nitrogen and oxygen atoms in total. The third kappa shape index (κ3) is 2.65. The van der Waals surface area contributed by atoms with Crippen LogP contribution in [0.4, 0.5) is 17.1 Å². The van der Waals surface area contributed by atoms with Gasteiger partial charge in [0.05, 0.1) is 18.5 Å². The monoisotopic (exact) mass is 256 g/mol. The maximum absolute atomic E-state index is 6.14. The summed E-state index contributed by atoms with van der Waals surface area (Å²) in [5.41, 5.74) is 10.3. The predicted molar refractivity (Wildman–Crippen MR) is 81.3 cm³/mol. The average Bonchev–Trinajstić information content (AvgIpc) is 2.43. The average molecular weight is 256 g/mol. The summed E-state index contributed by atoms with van der Waals surface area (Å²) in [6.07, 6.45) is 0. The van der Waals surface area contributed by atoms with Crippen molar-refractivity contribution in [3.63, 3.8) is 0 Å². The van der Waals surface area contributed by atoms with Gasteiger partial charge in [0.15, 0.2) is 0 Å². The number of nitrogens with zero attached hydrogens (tertiary/aromatic N) is 1. The second-order valence-electron chi connectivity index (χ2n) is 4.46. The molecule has 0 saturated carbocycles. The Balaban J connectivity index is 2.46. The van der Waals surface area contributed by atoms with Crippen LogP contribution in [0, 0.1) is 6.92 Å². The van der Waals surface area contributed by atoms with E-state index in [-0.39, 0.29) is 0 Å². The summed E-state index contributed by atoms with van der Waals surface area (Å²) < 4.78 is 5.19. The lowest BCUT2D eigenvalue weighted by Gasteiger charge is -2.26. The van der Waals surface area contributed by atoms with Gasteiger partial charge in [-0.05, 0) is 37.6 Å². The standard InChI is InChI=1S/C16H20N2O/c1-4-18(15-8-6-5-7-12(15)2)16-10-9-13(19-3)11-14(16)17/h5-11H,4,17H2,1-3H3. The number of benzene rings is 2. The Labute approximate surface area is 114 Å². The highest BCUT2D eigenvalue weighted by Gasteiger charge is 2.12. The minimum absolute atomic E-state index is 0.726. The first-order valence-corrected chi connectivity index (χ1v) is 6.44. The number of hydrogen-bond donors (Lipinski definition) is 1. The topological polar surface area (TPSA) is 38.5 Å². The Morgan fingerprint density at radius 1 is 1.11 bits per heavy atom. The molecule has 2 N–H and O–H groups in total. The predicted octanol–water partition coefficient (Wildman–Crippen LogP) is 3.74. The molecule has 0 aromatic heterocycles. The summed E-state index contributed by atoms with van der Waals surface area (Å²) in [6, 6.07) is 14.1. The summed E-state index contributed by atoms with van der Waals surface area (Å²) >= 11 is 0. The van der Waals surface area contributed by atoms with Crippen LogP contribution in [0.5, 0.6) is 5.75 Å². The van der Waals surface area contributed by atoms with E-state index in [9.17, 15) is 0 Å². The van der Waals surface area contributed by atoms with Crippen molar-refractivity contribution >= 4 is 17.1 Å². The van der Waals surface area contributed by atoms with Crippen molar-refractivity contribution in [3.8, 4) is 5.75 Å². The highest BCUT2D eigenvalue weighted by atomic mass is 16.5. The molecule has 0 bridgehead atoms. The first-order valence-electron chi connectivity index (χ1n) is 6.44. The van der Waals surface area contributed by atoms with Crippen molar-refractivity contribution in [2.24, 2.45) is 0 Å². The second kappa shape index (κ2) is 5.65. The maximum atomic E-state index is 6.14. The highest BCUT2D eigenvalue weighted by molar-refractivity contribution is 5.77. The van der Waals surface area contributed by atoms with Crippen LogP contribution in [0.3, 0.4) is 0 Å². The second-order valence-corrected chi connectivity index (χ2v) is 4.46. The summed E-state index contributed by atoms with van der Waals surface area (Å²) in [4.78, 5) is 2.21. The summed E-state index contributed by atoms with van der Waals surface area (Å²) in [6.45, 7) is 5.09. The Kier molecular flexibility index (Phi) is 3.95. The van der Waals surface area contributed by atoms with Crippen molar-refractivity contribution in [3.05, 3.63) is 48.0 Å². The van der Waals surface area contributed by atoms with Gasteiger partial charge in [-0.25, -0.2) is 0 Å². The quantitative estimate of drug-likeness (QED) is 0.847. The van der Waals surface area contributed by atoms with Gasteiger partial charge < -0.3 is 15.4 Å². The number of methoxy groups -OCH3 is 1. The molecule has 0 unspecified atom stereocenters. The van der Waals surface area contributed by atoms with Gasteiger partial charge in [0.2, 0.25) is 0 Å². The SMILES string of the molecule is CCN(c1ccccc1C)c1ccc(OC)cc1N. The number of aryl methyl sites for hydroxylation is 1.